The summed E-state index contributed by atoms with van der Waals surface area (Å²) in [5, 5.41) is 2.11. The molecule has 1 aliphatic heterocycles. The number of thiazole rings is 1. The molecule has 0 bridgehead atoms. The number of nitrogens with zero attached hydrogens (tertiary/aromatic N) is 1. The molecular formula is C17H21NOS. The zero-order valence-corrected chi connectivity index (χ0v) is 13.6. The summed E-state index contributed by atoms with van der Waals surface area (Å²) in [5.41, 5.74) is 6.88. The number of hydrogen-bond donors (Lipinski definition) is 0. The van der Waals surface area contributed by atoms with Gasteiger partial charge in [-0.05, 0) is 17.5 Å². The van der Waals surface area contributed by atoms with Crippen LogP contribution in [-0.2, 0) is 10.8 Å². The molecule has 0 spiro atoms. The highest BCUT2D eigenvalue weighted by Crippen LogP contribution is 2.46. The topological polar surface area (TPSA) is 22.1 Å². The van der Waals surface area contributed by atoms with Crippen LogP contribution in [0.3, 0.4) is 0 Å². The fourth-order valence-electron chi connectivity index (χ4n) is 2.68. The molecule has 0 radical (unpaired) electrons. The van der Waals surface area contributed by atoms with Crippen molar-refractivity contribution >= 4 is 11.3 Å². The van der Waals surface area contributed by atoms with Crippen LogP contribution >= 0.6 is 11.3 Å². The zero-order chi connectivity index (χ0) is 14.5. The molecule has 2 aromatic rings. The third-order valence-corrected chi connectivity index (χ3v) is 4.52. The molecule has 0 atom stereocenters. The van der Waals surface area contributed by atoms with Crippen molar-refractivity contribution in [1.29, 1.82) is 0 Å². The molecule has 2 nitrogen and oxygen atoms in total. The first-order valence-corrected chi connectivity index (χ1v) is 7.94. The van der Waals surface area contributed by atoms with Crippen LogP contribution in [0.25, 0.3) is 11.3 Å². The summed E-state index contributed by atoms with van der Waals surface area (Å²) >= 11 is 1.64. The molecule has 0 fully saturated rings. The van der Waals surface area contributed by atoms with Gasteiger partial charge in [-0.2, -0.15) is 0 Å². The van der Waals surface area contributed by atoms with E-state index in [9.17, 15) is 0 Å². The summed E-state index contributed by atoms with van der Waals surface area (Å²) in [7, 11) is 0. The predicted molar refractivity (Wildman–Crippen MR) is 84.8 cm³/mol. The Morgan fingerprint density at radius 1 is 1.25 bits per heavy atom. The molecule has 0 amide bonds. The minimum absolute atomic E-state index is 0.0660. The third-order valence-electron chi connectivity index (χ3n) is 3.93. The monoisotopic (exact) mass is 287 g/mol. The number of benzene rings is 1. The summed E-state index contributed by atoms with van der Waals surface area (Å²) in [6, 6.07) is 4.50. The van der Waals surface area contributed by atoms with Gasteiger partial charge in [0, 0.05) is 27.5 Å². The van der Waals surface area contributed by atoms with Crippen LogP contribution in [0.1, 0.15) is 45.7 Å². The first-order valence-electron chi connectivity index (χ1n) is 6.99. The smallest absolute Gasteiger partial charge is 0.126 e. The summed E-state index contributed by atoms with van der Waals surface area (Å²) in [5.74, 6) is 1.08. The van der Waals surface area contributed by atoms with E-state index in [-0.39, 0.29) is 10.8 Å². The van der Waals surface area contributed by atoms with Crippen LogP contribution in [0.4, 0.5) is 0 Å². The Bertz CT molecular complexity index is 636. The van der Waals surface area contributed by atoms with Gasteiger partial charge in [-0.15, -0.1) is 11.3 Å². The maximum absolute atomic E-state index is 6.03. The van der Waals surface area contributed by atoms with E-state index < -0.39 is 0 Å². The van der Waals surface area contributed by atoms with Gasteiger partial charge in [0.1, 0.15) is 5.75 Å². The van der Waals surface area contributed by atoms with Gasteiger partial charge in [-0.25, -0.2) is 4.98 Å². The van der Waals surface area contributed by atoms with Crippen LogP contribution in [0.2, 0.25) is 0 Å². The minimum Gasteiger partial charge on any atom is -0.492 e. The molecule has 1 aromatic heterocycles. The Morgan fingerprint density at radius 3 is 2.60 bits per heavy atom. The van der Waals surface area contributed by atoms with Gasteiger partial charge in [0.2, 0.25) is 0 Å². The SMILES string of the molecule is CC(C)(C)c1cc(-c2cscn2)cc2c1OCC2(C)C. The highest BCUT2D eigenvalue weighted by atomic mass is 32.1. The molecule has 0 saturated heterocycles. The molecule has 0 N–H and O–H groups in total. The second kappa shape index (κ2) is 4.32. The lowest BCUT2D eigenvalue weighted by atomic mass is 9.79. The Balaban J connectivity index is 2.26. The summed E-state index contributed by atoms with van der Waals surface area (Å²) < 4.78 is 6.03. The molecular weight excluding hydrogens is 266 g/mol. The summed E-state index contributed by atoms with van der Waals surface area (Å²) in [6.45, 7) is 12.0. The van der Waals surface area contributed by atoms with Crippen molar-refractivity contribution < 1.29 is 4.74 Å². The first kappa shape index (κ1) is 13.6. The number of ether oxygens (including phenoxy) is 1. The Labute approximate surface area is 124 Å². The second-order valence-corrected chi connectivity index (χ2v) is 7.92. The van der Waals surface area contributed by atoms with Gasteiger partial charge in [-0.1, -0.05) is 34.6 Å². The molecule has 1 aliphatic rings. The van der Waals surface area contributed by atoms with Crippen molar-refractivity contribution in [2.75, 3.05) is 6.61 Å². The summed E-state index contributed by atoms with van der Waals surface area (Å²) in [6.07, 6.45) is 0. The van der Waals surface area contributed by atoms with Gasteiger partial charge in [0.25, 0.3) is 0 Å². The van der Waals surface area contributed by atoms with E-state index >= 15 is 0 Å². The maximum atomic E-state index is 6.03. The second-order valence-electron chi connectivity index (χ2n) is 7.20. The van der Waals surface area contributed by atoms with Crippen molar-refractivity contribution in [1.82, 2.24) is 4.98 Å². The standard InChI is InChI=1S/C17H21NOS/c1-16(2,3)12-6-11(14-8-20-10-18-14)7-13-15(12)19-9-17(13,4)5/h6-8,10H,9H2,1-5H3. The van der Waals surface area contributed by atoms with Crippen LogP contribution < -0.4 is 4.74 Å². The van der Waals surface area contributed by atoms with Gasteiger partial charge in [-0.3, -0.25) is 0 Å². The fourth-order valence-corrected chi connectivity index (χ4v) is 3.24. The zero-order valence-electron chi connectivity index (χ0n) is 12.8. The Kier molecular flexibility index (Phi) is 2.94. The summed E-state index contributed by atoms with van der Waals surface area (Å²) in [4.78, 5) is 4.46. The molecule has 0 unspecified atom stereocenters. The lowest BCUT2D eigenvalue weighted by Gasteiger charge is -2.24. The van der Waals surface area contributed by atoms with Crippen LogP contribution in [-0.4, -0.2) is 11.6 Å². The van der Waals surface area contributed by atoms with Crippen molar-refractivity contribution in [3.8, 4) is 17.0 Å². The normalized spacial score (nSPS) is 16.9. The molecule has 2 heterocycles. The van der Waals surface area contributed by atoms with Crippen molar-refractivity contribution in [3.05, 3.63) is 34.2 Å². The maximum Gasteiger partial charge on any atom is 0.126 e. The van der Waals surface area contributed by atoms with Gasteiger partial charge in [0.05, 0.1) is 17.8 Å². The lowest BCUT2D eigenvalue weighted by Crippen LogP contribution is -2.18. The quantitative estimate of drug-likeness (QED) is 0.753. The largest absolute Gasteiger partial charge is 0.492 e. The van der Waals surface area contributed by atoms with Crippen LogP contribution in [0.15, 0.2) is 23.0 Å². The van der Waals surface area contributed by atoms with Crippen molar-refractivity contribution in [3.63, 3.8) is 0 Å². The Morgan fingerprint density at radius 2 is 2.00 bits per heavy atom. The van der Waals surface area contributed by atoms with E-state index in [1.54, 1.807) is 11.3 Å². The predicted octanol–water partition coefficient (Wildman–Crippen LogP) is 4.78. The highest BCUT2D eigenvalue weighted by molar-refractivity contribution is 7.07. The van der Waals surface area contributed by atoms with Gasteiger partial charge >= 0.3 is 0 Å². The average molecular weight is 287 g/mol. The molecule has 0 saturated carbocycles. The van der Waals surface area contributed by atoms with Gasteiger partial charge < -0.3 is 4.74 Å². The number of fused-ring (bicyclic) bond motifs is 1. The molecule has 3 heteroatoms. The Hall–Kier alpha value is -1.35. The van der Waals surface area contributed by atoms with E-state index in [2.05, 4.69) is 57.1 Å². The average Bonchev–Trinajstić information content (AvgIpc) is 2.96. The third kappa shape index (κ3) is 2.14. The lowest BCUT2D eigenvalue weighted by molar-refractivity contribution is 0.286. The molecule has 1 aromatic carbocycles. The van der Waals surface area contributed by atoms with E-state index in [4.69, 9.17) is 4.74 Å². The van der Waals surface area contributed by atoms with E-state index in [0.717, 1.165) is 18.1 Å². The van der Waals surface area contributed by atoms with Crippen molar-refractivity contribution in [2.45, 2.75) is 45.4 Å². The van der Waals surface area contributed by atoms with Crippen LogP contribution in [0, 0.1) is 0 Å². The minimum atomic E-state index is 0.0660. The molecule has 0 aliphatic carbocycles. The number of rotatable bonds is 1. The number of aromatic nitrogens is 1. The fraction of sp³-hybridized carbons (Fsp3) is 0.471. The number of hydrogen-bond acceptors (Lipinski definition) is 3. The highest BCUT2D eigenvalue weighted by Gasteiger charge is 2.36. The molecule has 3 rings (SSSR count). The van der Waals surface area contributed by atoms with E-state index in [0.29, 0.717) is 0 Å². The van der Waals surface area contributed by atoms with E-state index in [1.165, 1.54) is 16.7 Å². The molecule has 20 heavy (non-hydrogen) atoms. The van der Waals surface area contributed by atoms with Crippen LogP contribution in [0.5, 0.6) is 5.75 Å². The first-order chi connectivity index (χ1) is 9.29. The molecule has 106 valence electrons. The van der Waals surface area contributed by atoms with Gasteiger partial charge in [0.15, 0.2) is 0 Å². The van der Waals surface area contributed by atoms with E-state index in [1.807, 2.05) is 5.51 Å². The van der Waals surface area contributed by atoms with Crippen molar-refractivity contribution in [2.24, 2.45) is 0 Å².